The molecule has 0 saturated carbocycles. The number of nitrogens with zero attached hydrogens (tertiary/aromatic N) is 2. The van der Waals surface area contributed by atoms with Gasteiger partial charge in [0.1, 0.15) is 5.69 Å². The van der Waals surface area contributed by atoms with Crippen LogP contribution in [-0.4, -0.2) is 21.9 Å². The molecule has 1 aromatic carbocycles. The van der Waals surface area contributed by atoms with Gasteiger partial charge in [-0.1, -0.05) is 30.3 Å². The van der Waals surface area contributed by atoms with Crippen LogP contribution in [0.1, 0.15) is 15.4 Å². The molecular weight excluding hydrogens is 372 g/mol. The van der Waals surface area contributed by atoms with Crippen LogP contribution >= 0.6 is 27.3 Å². The van der Waals surface area contributed by atoms with E-state index in [0.717, 1.165) is 20.3 Å². The van der Waals surface area contributed by atoms with Gasteiger partial charge in [-0.15, -0.1) is 17.9 Å². The van der Waals surface area contributed by atoms with E-state index in [0.29, 0.717) is 18.8 Å². The lowest BCUT2D eigenvalue weighted by Gasteiger charge is -2.21. The van der Waals surface area contributed by atoms with E-state index >= 15 is 0 Å². The van der Waals surface area contributed by atoms with Crippen LogP contribution < -0.4 is 0 Å². The first kappa shape index (κ1) is 16.0. The number of halogens is 1. The van der Waals surface area contributed by atoms with Gasteiger partial charge in [0.2, 0.25) is 0 Å². The molecule has 0 fully saturated rings. The fourth-order valence-corrected chi connectivity index (χ4v) is 4.19. The van der Waals surface area contributed by atoms with Crippen molar-refractivity contribution in [3.8, 4) is 0 Å². The summed E-state index contributed by atoms with van der Waals surface area (Å²) in [7, 11) is 1.93. The van der Waals surface area contributed by atoms with Crippen molar-refractivity contribution >= 4 is 44.1 Å². The molecule has 3 aromatic rings. The molecule has 2 heterocycles. The Morgan fingerprint density at radius 2 is 2.13 bits per heavy atom. The lowest BCUT2D eigenvalue weighted by Crippen LogP contribution is -2.32. The second-order valence-corrected chi connectivity index (χ2v) is 7.12. The van der Waals surface area contributed by atoms with E-state index in [-0.39, 0.29) is 5.91 Å². The van der Waals surface area contributed by atoms with Crippen LogP contribution in [0.3, 0.4) is 0 Å². The van der Waals surface area contributed by atoms with Gasteiger partial charge < -0.3 is 9.47 Å². The molecule has 0 radical (unpaired) electrons. The Morgan fingerprint density at radius 3 is 2.78 bits per heavy atom. The molecule has 0 atom stereocenters. The maximum absolute atomic E-state index is 13.1. The minimum atomic E-state index is 0.00359. The van der Waals surface area contributed by atoms with Gasteiger partial charge in [0.05, 0.1) is 11.0 Å². The van der Waals surface area contributed by atoms with Gasteiger partial charge in [-0.05, 0) is 33.4 Å². The van der Waals surface area contributed by atoms with Crippen molar-refractivity contribution in [3.63, 3.8) is 0 Å². The van der Waals surface area contributed by atoms with Gasteiger partial charge in [0.15, 0.2) is 0 Å². The van der Waals surface area contributed by atoms with Gasteiger partial charge in [0, 0.05) is 29.4 Å². The number of amides is 1. The zero-order chi connectivity index (χ0) is 16.4. The van der Waals surface area contributed by atoms with Crippen molar-refractivity contribution in [2.45, 2.75) is 6.54 Å². The fourth-order valence-electron chi connectivity index (χ4n) is 2.70. The minimum Gasteiger partial charge on any atom is -0.339 e. The third kappa shape index (κ3) is 2.99. The van der Waals surface area contributed by atoms with Crippen LogP contribution in [0.4, 0.5) is 0 Å². The van der Waals surface area contributed by atoms with E-state index in [2.05, 4.69) is 22.5 Å². The molecule has 0 bridgehead atoms. The predicted octanol–water partition coefficient (Wildman–Crippen LogP) is 4.83. The topological polar surface area (TPSA) is 25.2 Å². The quantitative estimate of drug-likeness (QED) is 0.574. The molecule has 118 valence electrons. The molecule has 3 nitrogen and oxygen atoms in total. The van der Waals surface area contributed by atoms with E-state index in [1.54, 1.807) is 17.4 Å². The van der Waals surface area contributed by atoms with Crippen molar-refractivity contribution in [1.29, 1.82) is 0 Å². The number of fused-ring (bicyclic) bond motifs is 1. The monoisotopic (exact) mass is 388 g/mol. The Hall–Kier alpha value is -1.85. The summed E-state index contributed by atoms with van der Waals surface area (Å²) in [5, 5.41) is 3.08. The SMILES string of the molecule is C=CCN(Cc1cccs1)C(=O)c1c(Br)c2ccccc2n1C. The fraction of sp³-hybridized carbons (Fsp3) is 0.167. The lowest BCUT2D eigenvalue weighted by atomic mass is 10.2. The van der Waals surface area contributed by atoms with Crippen LogP contribution in [0.25, 0.3) is 10.9 Å². The average Bonchev–Trinajstić information content (AvgIpc) is 3.15. The Kier molecular flexibility index (Phi) is 4.68. The Morgan fingerprint density at radius 1 is 1.35 bits per heavy atom. The normalized spacial score (nSPS) is 10.9. The number of benzene rings is 1. The number of aromatic nitrogens is 1. The summed E-state index contributed by atoms with van der Waals surface area (Å²) in [6, 6.07) is 12.1. The molecule has 23 heavy (non-hydrogen) atoms. The molecule has 0 saturated heterocycles. The summed E-state index contributed by atoms with van der Waals surface area (Å²) < 4.78 is 2.80. The highest BCUT2D eigenvalue weighted by Gasteiger charge is 2.24. The third-order valence-electron chi connectivity index (χ3n) is 3.81. The van der Waals surface area contributed by atoms with E-state index in [4.69, 9.17) is 0 Å². The second-order valence-electron chi connectivity index (χ2n) is 5.29. The second kappa shape index (κ2) is 6.72. The molecule has 0 spiro atoms. The third-order valence-corrected chi connectivity index (χ3v) is 5.48. The number of rotatable bonds is 5. The lowest BCUT2D eigenvalue weighted by molar-refractivity contribution is 0.0754. The highest BCUT2D eigenvalue weighted by molar-refractivity contribution is 9.10. The highest BCUT2D eigenvalue weighted by atomic mass is 79.9. The first-order chi connectivity index (χ1) is 11.1. The maximum Gasteiger partial charge on any atom is 0.272 e. The molecule has 3 rings (SSSR count). The molecule has 1 amide bonds. The number of hydrogen-bond donors (Lipinski definition) is 0. The van der Waals surface area contributed by atoms with Crippen LogP contribution in [0.15, 0.2) is 58.9 Å². The van der Waals surface area contributed by atoms with Crippen molar-refractivity contribution in [2.75, 3.05) is 6.54 Å². The Bertz CT molecular complexity index is 812. The Labute approximate surface area is 148 Å². The van der Waals surface area contributed by atoms with Gasteiger partial charge in [-0.25, -0.2) is 0 Å². The smallest absolute Gasteiger partial charge is 0.272 e. The van der Waals surface area contributed by atoms with E-state index < -0.39 is 0 Å². The molecule has 0 aliphatic rings. The van der Waals surface area contributed by atoms with Crippen LogP contribution in [-0.2, 0) is 13.6 Å². The summed E-state index contributed by atoms with van der Waals surface area (Å²) in [5.41, 5.74) is 1.71. The van der Waals surface area contributed by atoms with Gasteiger partial charge in [0.25, 0.3) is 5.91 Å². The number of carbonyl (C=O) groups excluding carboxylic acids is 1. The van der Waals surface area contributed by atoms with Gasteiger partial charge in [-0.3, -0.25) is 4.79 Å². The summed E-state index contributed by atoms with van der Waals surface area (Å²) in [6.45, 7) is 4.90. The molecule has 0 aliphatic heterocycles. The van der Waals surface area contributed by atoms with Crippen LogP contribution in [0.2, 0.25) is 0 Å². The first-order valence-corrected chi connectivity index (χ1v) is 8.96. The molecule has 5 heteroatoms. The summed E-state index contributed by atoms with van der Waals surface area (Å²) in [4.78, 5) is 16.1. The highest BCUT2D eigenvalue weighted by Crippen LogP contribution is 2.31. The zero-order valence-electron chi connectivity index (χ0n) is 12.8. The Balaban J connectivity index is 2.01. The van der Waals surface area contributed by atoms with E-state index in [1.807, 2.05) is 58.3 Å². The molecule has 2 aromatic heterocycles. The first-order valence-electron chi connectivity index (χ1n) is 7.29. The summed E-state index contributed by atoms with van der Waals surface area (Å²) >= 11 is 5.27. The minimum absolute atomic E-state index is 0.00359. The van der Waals surface area contributed by atoms with E-state index in [1.165, 1.54) is 0 Å². The van der Waals surface area contributed by atoms with Crippen molar-refractivity contribution < 1.29 is 4.79 Å². The van der Waals surface area contributed by atoms with Gasteiger partial charge >= 0.3 is 0 Å². The average molecular weight is 389 g/mol. The van der Waals surface area contributed by atoms with Gasteiger partial charge in [-0.2, -0.15) is 0 Å². The van der Waals surface area contributed by atoms with Crippen LogP contribution in [0.5, 0.6) is 0 Å². The molecule has 0 unspecified atom stereocenters. The van der Waals surface area contributed by atoms with E-state index in [9.17, 15) is 4.79 Å². The zero-order valence-corrected chi connectivity index (χ0v) is 15.2. The maximum atomic E-state index is 13.1. The molecule has 0 N–H and O–H groups in total. The summed E-state index contributed by atoms with van der Waals surface area (Å²) in [6.07, 6.45) is 1.77. The molecule has 0 aliphatic carbocycles. The number of hydrogen-bond acceptors (Lipinski definition) is 2. The predicted molar refractivity (Wildman–Crippen MR) is 99.9 cm³/mol. The number of aryl methyl sites for hydroxylation is 1. The molecular formula is C18H17BrN2OS. The largest absolute Gasteiger partial charge is 0.339 e. The summed E-state index contributed by atoms with van der Waals surface area (Å²) in [5.74, 6) is 0.00359. The standard InChI is InChI=1S/C18H17BrN2OS/c1-3-10-21(12-13-7-6-11-23-13)18(22)17-16(19)14-8-4-5-9-15(14)20(17)2/h3-9,11H,1,10,12H2,2H3. The number of para-hydroxylation sites is 1. The number of thiophene rings is 1. The van der Waals surface area contributed by atoms with Crippen LogP contribution in [0, 0.1) is 0 Å². The van der Waals surface area contributed by atoms with Crippen molar-refractivity contribution in [2.24, 2.45) is 7.05 Å². The number of carbonyl (C=O) groups is 1. The van der Waals surface area contributed by atoms with Crippen molar-refractivity contribution in [3.05, 3.63) is 69.5 Å². The van der Waals surface area contributed by atoms with Crippen molar-refractivity contribution in [1.82, 2.24) is 9.47 Å².